The highest BCUT2D eigenvalue weighted by Gasteiger charge is 2.53. The monoisotopic (exact) mass is 506 g/mol. The summed E-state index contributed by atoms with van der Waals surface area (Å²) >= 11 is 0. The van der Waals surface area contributed by atoms with E-state index in [1.54, 1.807) is 0 Å². The SMILES string of the molecule is C=C1C(=CC=C2CCC[C@]3(C)[C@@H]([C@H](C)C=C[C@@H](O)C4(c5ccc(CC)o5)CC4)CC[C@@H]23)C[C@@H](O)C[C@@H]1O. The topological polar surface area (TPSA) is 73.8 Å². The highest BCUT2D eigenvalue weighted by atomic mass is 16.3. The van der Waals surface area contributed by atoms with E-state index in [2.05, 4.69) is 57.7 Å². The van der Waals surface area contributed by atoms with Crippen molar-refractivity contribution in [3.8, 4) is 0 Å². The molecule has 7 atom stereocenters. The molecule has 4 heteroatoms. The number of aliphatic hydroxyl groups excluding tert-OH is 3. The van der Waals surface area contributed by atoms with Crippen molar-refractivity contribution in [2.24, 2.45) is 23.2 Å². The Kier molecular flexibility index (Phi) is 7.48. The fraction of sp³-hybridized carbons (Fsp3) is 0.636. The van der Waals surface area contributed by atoms with Gasteiger partial charge in [-0.1, -0.05) is 57.2 Å². The van der Waals surface area contributed by atoms with Crippen molar-refractivity contribution in [2.45, 2.75) is 109 Å². The van der Waals surface area contributed by atoms with Gasteiger partial charge in [0, 0.05) is 12.8 Å². The van der Waals surface area contributed by atoms with Gasteiger partial charge in [0.1, 0.15) is 11.5 Å². The zero-order valence-corrected chi connectivity index (χ0v) is 23.0. The highest BCUT2D eigenvalue weighted by molar-refractivity contribution is 5.39. The number of furan rings is 1. The summed E-state index contributed by atoms with van der Waals surface area (Å²) in [6.45, 7) is 11.0. The second-order valence-corrected chi connectivity index (χ2v) is 12.6. The standard InChI is InChI=1S/C33H46O4/c1-5-26-11-15-31(37-26)33(17-18-33)30(36)14-8-21(2)27-12-13-28-23(7-6-16-32(27,28)4)9-10-24-19-25(34)20-29(35)22(24)3/h8-11,14-15,21,25,27-30,34-36H,3,5-7,12-13,16-20H2,1-2,4H3/t21-,25-,27-,28+,29+,30-,32-/m1/s1. The average Bonchev–Trinajstić information content (AvgIpc) is 3.39. The van der Waals surface area contributed by atoms with Crippen LogP contribution in [-0.4, -0.2) is 33.6 Å². The molecule has 0 amide bonds. The van der Waals surface area contributed by atoms with Crippen LogP contribution in [0, 0.1) is 23.2 Å². The molecular weight excluding hydrogens is 460 g/mol. The third-order valence-corrected chi connectivity index (χ3v) is 10.4. The summed E-state index contributed by atoms with van der Waals surface area (Å²) < 4.78 is 6.03. The number of hydrogen-bond donors (Lipinski definition) is 3. The van der Waals surface area contributed by atoms with Gasteiger partial charge in [0.25, 0.3) is 0 Å². The molecule has 0 unspecified atom stereocenters. The fourth-order valence-electron chi connectivity index (χ4n) is 7.87. The van der Waals surface area contributed by atoms with Crippen LogP contribution in [0.5, 0.6) is 0 Å². The number of rotatable bonds is 7. The summed E-state index contributed by atoms with van der Waals surface area (Å²) in [7, 11) is 0. The van der Waals surface area contributed by atoms with Gasteiger partial charge in [0.05, 0.1) is 23.7 Å². The predicted molar refractivity (Wildman–Crippen MR) is 148 cm³/mol. The van der Waals surface area contributed by atoms with Gasteiger partial charge in [-0.3, -0.25) is 0 Å². The van der Waals surface area contributed by atoms with Crippen LogP contribution in [0.2, 0.25) is 0 Å². The Morgan fingerprint density at radius 2 is 1.92 bits per heavy atom. The van der Waals surface area contributed by atoms with Crippen LogP contribution in [0.3, 0.4) is 0 Å². The van der Waals surface area contributed by atoms with Gasteiger partial charge >= 0.3 is 0 Å². The molecule has 202 valence electrons. The summed E-state index contributed by atoms with van der Waals surface area (Å²) in [5.74, 6) is 3.51. The van der Waals surface area contributed by atoms with Crippen molar-refractivity contribution in [1.29, 1.82) is 0 Å². The van der Waals surface area contributed by atoms with Crippen molar-refractivity contribution in [2.75, 3.05) is 0 Å². The number of hydrogen-bond acceptors (Lipinski definition) is 4. The molecule has 4 aliphatic rings. The molecule has 4 aliphatic carbocycles. The van der Waals surface area contributed by atoms with Crippen LogP contribution in [0.1, 0.15) is 90.1 Å². The average molecular weight is 507 g/mol. The Bertz CT molecular complexity index is 1090. The van der Waals surface area contributed by atoms with E-state index in [1.165, 1.54) is 31.3 Å². The Hall–Kier alpha value is -1.88. The molecule has 1 aromatic heterocycles. The molecule has 4 saturated carbocycles. The predicted octanol–water partition coefficient (Wildman–Crippen LogP) is 6.57. The van der Waals surface area contributed by atoms with Crippen LogP contribution in [-0.2, 0) is 11.8 Å². The van der Waals surface area contributed by atoms with E-state index in [4.69, 9.17) is 4.42 Å². The number of fused-ring (bicyclic) bond motifs is 1. The first-order chi connectivity index (χ1) is 17.7. The lowest BCUT2D eigenvalue weighted by molar-refractivity contribution is 0.0862. The third kappa shape index (κ3) is 4.97. The first-order valence-corrected chi connectivity index (χ1v) is 14.6. The lowest BCUT2D eigenvalue weighted by atomic mass is 9.61. The Morgan fingerprint density at radius 3 is 2.62 bits per heavy atom. The maximum atomic E-state index is 11.2. The lowest BCUT2D eigenvalue weighted by Gasteiger charge is -2.44. The maximum absolute atomic E-state index is 11.2. The van der Waals surface area contributed by atoms with Crippen LogP contribution in [0.25, 0.3) is 0 Å². The van der Waals surface area contributed by atoms with Crippen LogP contribution >= 0.6 is 0 Å². The number of allylic oxidation sites excluding steroid dienone is 4. The Labute approximate surface area is 222 Å². The van der Waals surface area contributed by atoms with Gasteiger partial charge in [0.15, 0.2) is 0 Å². The fourth-order valence-corrected chi connectivity index (χ4v) is 7.87. The second kappa shape index (κ2) is 10.4. The highest BCUT2D eigenvalue weighted by Crippen LogP contribution is 2.60. The second-order valence-electron chi connectivity index (χ2n) is 12.6. The quantitative estimate of drug-likeness (QED) is 0.366. The van der Waals surface area contributed by atoms with E-state index in [9.17, 15) is 15.3 Å². The van der Waals surface area contributed by atoms with Crippen LogP contribution in [0.15, 0.2) is 64.2 Å². The van der Waals surface area contributed by atoms with Crippen molar-refractivity contribution in [3.05, 3.63) is 71.3 Å². The molecule has 3 N–H and O–H groups in total. The first-order valence-electron chi connectivity index (χ1n) is 14.6. The maximum Gasteiger partial charge on any atom is 0.113 e. The lowest BCUT2D eigenvalue weighted by Crippen LogP contribution is -2.35. The molecule has 4 nitrogen and oxygen atoms in total. The zero-order chi connectivity index (χ0) is 26.4. The Morgan fingerprint density at radius 1 is 1.14 bits per heavy atom. The molecule has 0 radical (unpaired) electrons. The van der Waals surface area contributed by atoms with Crippen molar-refractivity contribution < 1.29 is 19.7 Å². The summed E-state index contributed by atoms with van der Waals surface area (Å²) in [4.78, 5) is 0. The van der Waals surface area contributed by atoms with E-state index in [0.29, 0.717) is 30.6 Å². The summed E-state index contributed by atoms with van der Waals surface area (Å²) in [6.07, 6.45) is 16.9. The summed E-state index contributed by atoms with van der Waals surface area (Å²) in [6, 6.07) is 4.11. The first kappa shape index (κ1) is 26.7. The molecule has 0 saturated heterocycles. The molecule has 0 aliphatic heterocycles. The third-order valence-electron chi connectivity index (χ3n) is 10.4. The molecule has 0 bridgehead atoms. The van der Waals surface area contributed by atoms with Crippen molar-refractivity contribution in [3.63, 3.8) is 0 Å². The van der Waals surface area contributed by atoms with Crippen molar-refractivity contribution >= 4 is 0 Å². The minimum atomic E-state index is -0.639. The van der Waals surface area contributed by atoms with Crippen LogP contribution < -0.4 is 0 Å². The van der Waals surface area contributed by atoms with Crippen LogP contribution in [0.4, 0.5) is 0 Å². The summed E-state index contributed by atoms with van der Waals surface area (Å²) in [5.41, 5.74) is 3.29. The normalized spacial score (nSPS) is 37.3. The van der Waals surface area contributed by atoms with Crippen molar-refractivity contribution in [1.82, 2.24) is 0 Å². The van der Waals surface area contributed by atoms with E-state index < -0.39 is 18.3 Å². The summed E-state index contributed by atoms with van der Waals surface area (Å²) in [5, 5.41) is 31.5. The zero-order valence-electron chi connectivity index (χ0n) is 23.0. The van der Waals surface area contributed by atoms with Gasteiger partial charge in [-0.25, -0.2) is 0 Å². The molecule has 1 aromatic rings. The minimum absolute atomic E-state index is 0.232. The molecule has 4 fully saturated rings. The van der Waals surface area contributed by atoms with E-state index in [-0.39, 0.29) is 10.8 Å². The Balaban J connectivity index is 1.28. The molecule has 0 spiro atoms. The van der Waals surface area contributed by atoms with E-state index in [0.717, 1.165) is 48.3 Å². The minimum Gasteiger partial charge on any atom is -0.465 e. The molecular formula is C33H46O4. The number of aryl methyl sites for hydroxylation is 1. The number of aliphatic hydroxyl groups is 3. The largest absolute Gasteiger partial charge is 0.465 e. The molecule has 1 heterocycles. The van der Waals surface area contributed by atoms with Gasteiger partial charge in [-0.2, -0.15) is 0 Å². The van der Waals surface area contributed by atoms with Gasteiger partial charge in [0.2, 0.25) is 0 Å². The molecule has 37 heavy (non-hydrogen) atoms. The van der Waals surface area contributed by atoms with Gasteiger partial charge in [-0.15, -0.1) is 0 Å². The van der Waals surface area contributed by atoms with Gasteiger partial charge < -0.3 is 19.7 Å². The smallest absolute Gasteiger partial charge is 0.113 e. The van der Waals surface area contributed by atoms with E-state index >= 15 is 0 Å². The molecule has 5 rings (SSSR count). The van der Waals surface area contributed by atoms with Gasteiger partial charge in [-0.05, 0) is 97.8 Å². The molecule has 0 aromatic carbocycles. The van der Waals surface area contributed by atoms with E-state index in [1.807, 2.05) is 6.07 Å².